The van der Waals surface area contributed by atoms with Gasteiger partial charge in [-0.05, 0) is 44.9 Å². The van der Waals surface area contributed by atoms with E-state index in [0.29, 0.717) is 12.4 Å². The molecule has 0 bridgehead atoms. The molecule has 2 aliphatic rings. The van der Waals surface area contributed by atoms with Gasteiger partial charge in [-0.25, -0.2) is 4.98 Å². The first-order chi connectivity index (χ1) is 11.1. The van der Waals surface area contributed by atoms with Gasteiger partial charge in [-0.1, -0.05) is 6.07 Å². The molecule has 1 aromatic heterocycles. The Kier molecular flexibility index (Phi) is 8.62. The molecule has 140 valence electrons. The standard InChI is InChI=1S/C17H24N4O2.2ClH/c1-12-4-2-6-15(19-12)20-16(22)14-5-3-9-21(11-14)17(23)13-7-8-18-10-13;;/h2,4,6,13-14,18H,3,5,7-11H2,1H3,(H,19,20,22);2*1H. The van der Waals surface area contributed by atoms with Gasteiger partial charge in [0, 0.05) is 25.3 Å². The molecule has 0 aliphatic carbocycles. The molecule has 3 rings (SSSR count). The zero-order chi connectivity index (χ0) is 16.2. The smallest absolute Gasteiger partial charge is 0.230 e. The number of amides is 2. The van der Waals surface area contributed by atoms with E-state index in [0.717, 1.165) is 44.6 Å². The van der Waals surface area contributed by atoms with E-state index in [1.165, 1.54) is 0 Å². The summed E-state index contributed by atoms with van der Waals surface area (Å²) in [6.07, 6.45) is 2.61. The summed E-state index contributed by atoms with van der Waals surface area (Å²) in [7, 11) is 0. The van der Waals surface area contributed by atoms with Crippen molar-refractivity contribution in [2.24, 2.45) is 11.8 Å². The minimum atomic E-state index is -0.149. The van der Waals surface area contributed by atoms with E-state index in [4.69, 9.17) is 0 Å². The number of aryl methyl sites for hydroxylation is 1. The van der Waals surface area contributed by atoms with Crippen LogP contribution in [-0.2, 0) is 9.59 Å². The second kappa shape index (κ2) is 9.94. The molecule has 2 fully saturated rings. The van der Waals surface area contributed by atoms with Crippen LogP contribution < -0.4 is 10.6 Å². The predicted molar refractivity (Wildman–Crippen MR) is 102 cm³/mol. The lowest BCUT2D eigenvalue weighted by Crippen LogP contribution is -2.46. The van der Waals surface area contributed by atoms with Gasteiger partial charge in [0.05, 0.1) is 11.8 Å². The molecule has 0 aromatic carbocycles. The fourth-order valence-electron chi connectivity index (χ4n) is 3.36. The molecule has 0 spiro atoms. The van der Waals surface area contributed by atoms with Gasteiger partial charge in [-0.15, -0.1) is 24.8 Å². The minimum Gasteiger partial charge on any atom is -0.342 e. The monoisotopic (exact) mass is 388 g/mol. The Balaban J connectivity index is 0.00000156. The summed E-state index contributed by atoms with van der Waals surface area (Å²) in [5, 5.41) is 6.11. The molecule has 6 nitrogen and oxygen atoms in total. The van der Waals surface area contributed by atoms with Gasteiger partial charge < -0.3 is 15.5 Å². The number of rotatable bonds is 3. The summed E-state index contributed by atoms with van der Waals surface area (Å²) in [4.78, 5) is 31.2. The quantitative estimate of drug-likeness (QED) is 0.830. The number of pyridine rings is 1. The fourth-order valence-corrected chi connectivity index (χ4v) is 3.36. The Labute approximate surface area is 161 Å². The van der Waals surface area contributed by atoms with Gasteiger partial charge in [-0.3, -0.25) is 9.59 Å². The van der Waals surface area contributed by atoms with Crippen molar-refractivity contribution in [1.29, 1.82) is 0 Å². The van der Waals surface area contributed by atoms with Gasteiger partial charge in [0.25, 0.3) is 0 Å². The van der Waals surface area contributed by atoms with Crippen LogP contribution in [-0.4, -0.2) is 47.9 Å². The highest BCUT2D eigenvalue weighted by molar-refractivity contribution is 5.92. The molecule has 2 unspecified atom stereocenters. The number of piperidine rings is 1. The lowest BCUT2D eigenvalue weighted by Gasteiger charge is -2.33. The van der Waals surface area contributed by atoms with E-state index >= 15 is 0 Å². The molecule has 25 heavy (non-hydrogen) atoms. The number of halogens is 2. The van der Waals surface area contributed by atoms with E-state index in [2.05, 4.69) is 15.6 Å². The summed E-state index contributed by atoms with van der Waals surface area (Å²) in [6.45, 7) is 4.85. The minimum absolute atomic E-state index is 0. The van der Waals surface area contributed by atoms with Crippen LogP contribution in [0.1, 0.15) is 25.0 Å². The van der Waals surface area contributed by atoms with Gasteiger partial charge in [-0.2, -0.15) is 0 Å². The second-order valence-electron chi connectivity index (χ2n) is 6.47. The highest BCUT2D eigenvalue weighted by Gasteiger charge is 2.32. The Morgan fingerprint density at radius 1 is 1.24 bits per heavy atom. The van der Waals surface area contributed by atoms with Gasteiger partial charge in [0.1, 0.15) is 5.82 Å². The van der Waals surface area contributed by atoms with Crippen molar-refractivity contribution >= 4 is 42.4 Å². The normalized spacial score (nSPS) is 22.5. The van der Waals surface area contributed by atoms with E-state index < -0.39 is 0 Å². The van der Waals surface area contributed by atoms with Crippen molar-refractivity contribution in [3.63, 3.8) is 0 Å². The van der Waals surface area contributed by atoms with E-state index in [1.807, 2.05) is 24.0 Å². The molecule has 2 aliphatic heterocycles. The Morgan fingerprint density at radius 2 is 2.04 bits per heavy atom. The lowest BCUT2D eigenvalue weighted by molar-refractivity contribution is -0.138. The number of nitrogens with one attached hydrogen (secondary N) is 2. The summed E-state index contributed by atoms with van der Waals surface area (Å²) < 4.78 is 0. The van der Waals surface area contributed by atoms with Crippen molar-refractivity contribution in [3.05, 3.63) is 23.9 Å². The first kappa shape index (κ1) is 21.7. The van der Waals surface area contributed by atoms with Crippen LogP contribution in [0.2, 0.25) is 0 Å². The molecule has 0 radical (unpaired) electrons. The number of carbonyl (C=O) groups excluding carboxylic acids is 2. The summed E-state index contributed by atoms with van der Waals surface area (Å²) in [6, 6.07) is 5.56. The van der Waals surface area contributed by atoms with Gasteiger partial charge in [0.2, 0.25) is 11.8 Å². The number of anilines is 1. The molecule has 2 saturated heterocycles. The molecule has 0 saturated carbocycles. The van der Waals surface area contributed by atoms with Crippen LogP contribution in [0.5, 0.6) is 0 Å². The van der Waals surface area contributed by atoms with Crippen molar-refractivity contribution in [2.45, 2.75) is 26.2 Å². The SMILES string of the molecule is Cc1cccc(NC(=O)C2CCCN(C(=O)C3CCNC3)C2)n1.Cl.Cl. The number of aromatic nitrogens is 1. The largest absolute Gasteiger partial charge is 0.342 e. The number of hydrogen-bond acceptors (Lipinski definition) is 4. The maximum absolute atomic E-state index is 12.5. The second-order valence-corrected chi connectivity index (χ2v) is 6.47. The molecule has 2 atom stereocenters. The van der Waals surface area contributed by atoms with Crippen molar-refractivity contribution in [3.8, 4) is 0 Å². The number of carbonyl (C=O) groups is 2. The molecular weight excluding hydrogens is 363 g/mol. The number of nitrogens with zero attached hydrogens (tertiary/aromatic N) is 2. The predicted octanol–water partition coefficient (Wildman–Crippen LogP) is 2.02. The molecular formula is C17H26Cl2N4O2. The Morgan fingerprint density at radius 3 is 2.72 bits per heavy atom. The first-order valence-corrected chi connectivity index (χ1v) is 8.37. The van der Waals surface area contributed by atoms with E-state index in [1.54, 1.807) is 6.07 Å². The highest BCUT2D eigenvalue weighted by Crippen LogP contribution is 2.21. The van der Waals surface area contributed by atoms with Crippen molar-refractivity contribution < 1.29 is 9.59 Å². The van der Waals surface area contributed by atoms with E-state index in [-0.39, 0.29) is 48.5 Å². The zero-order valence-corrected chi connectivity index (χ0v) is 16.0. The average Bonchev–Trinajstić information content (AvgIpc) is 3.09. The number of likely N-dealkylation sites (tertiary alicyclic amines) is 1. The first-order valence-electron chi connectivity index (χ1n) is 8.37. The van der Waals surface area contributed by atoms with Crippen LogP contribution in [0.25, 0.3) is 0 Å². The lowest BCUT2D eigenvalue weighted by atomic mass is 9.95. The van der Waals surface area contributed by atoms with Gasteiger partial charge >= 0.3 is 0 Å². The topological polar surface area (TPSA) is 74.3 Å². The zero-order valence-electron chi connectivity index (χ0n) is 14.4. The number of hydrogen-bond donors (Lipinski definition) is 2. The third kappa shape index (κ3) is 5.56. The maximum atomic E-state index is 12.5. The molecule has 2 amide bonds. The van der Waals surface area contributed by atoms with Crippen molar-refractivity contribution in [1.82, 2.24) is 15.2 Å². The Bertz CT molecular complexity index is 594. The highest BCUT2D eigenvalue weighted by atomic mass is 35.5. The Hall–Kier alpha value is -1.37. The third-order valence-corrected chi connectivity index (χ3v) is 4.65. The summed E-state index contributed by atoms with van der Waals surface area (Å²) >= 11 is 0. The third-order valence-electron chi connectivity index (χ3n) is 4.65. The summed E-state index contributed by atoms with van der Waals surface area (Å²) in [5.41, 5.74) is 0.872. The fraction of sp³-hybridized carbons (Fsp3) is 0.588. The maximum Gasteiger partial charge on any atom is 0.230 e. The molecule has 1 aromatic rings. The van der Waals surface area contributed by atoms with Crippen LogP contribution >= 0.6 is 24.8 Å². The van der Waals surface area contributed by atoms with Crippen LogP contribution in [0, 0.1) is 18.8 Å². The van der Waals surface area contributed by atoms with Crippen molar-refractivity contribution in [2.75, 3.05) is 31.5 Å². The average molecular weight is 389 g/mol. The van der Waals surface area contributed by atoms with Crippen LogP contribution in [0.4, 0.5) is 5.82 Å². The van der Waals surface area contributed by atoms with E-state index in [9.17, 15) is 9.59 Å². The molecule has 2 N–H and O–H groups in total. The van der Waals surface area contributed by atoms with Gasteiger partial charge in [0.15, 0.2) is 0 Å². The summed E-state index contributed by atoms with van der Waals surface area (Å²) in [5.74, 6) is 0.671. The van der Waals surface area contributed by atoms with Crippen LogP contribution in [0.15, 0.2) is 18.2 Å². The molecule has 3 heterocycles. The molecule has 8 heteroatoms. The van der Waals surface area contributed by atoms with Crippen LogP contribution in [0.3, 0.4) is 0 Å².